The molecule has 0 spiro atoms. The molecular weight excluding hydrogens is 274 g/mol. The summed E-state index contributed by atoms with van der Waals surface area (Å²) in [6, 6.07) is 5.24. The lowest BCUT2D eigenvalue weighted by atomic mass is 9.68. The Hall–Kier alpha value is -1.99. The SMILES string of the molecule is NC1C2CCCOC2C1NC(=O)c1ccc([N+](=O)[O-])cc1. The molecule has 2 fully saturated rings. The zero-order valence-electron chi connectivity index (χ0n) is 11.4. The number of carbonyl (C=O) groups excluding carboxylic acids is 1. The fraction of sp³-hybridized carbons (Fsp3) is 0.500. The summed E-state index contributed by atoms with van der Waals surface area (Å²) < 4.78 is 5.66. The maximum absolute atomic E-state index is 12.2. The maximum Gasteiger partial charge on any atom is 0.269 e. The van der Waals surface area contributed by atoms with Gasteiger partial charge in [-0.2, -0.15) is 0 Å². The predicted octanol–water partition coefficient (Wildman–Crippen LogP) is 0.829. The van der Waals surface area contributed by atoms with Gasteiger partial charge in [-0.3, -0.25) is 14.9 Å². The van der Waals surface area contributed by atoms with Gasteiger partial charge in [-0.1, -0.05) is 0 Å². The van der Waals surface area contributed by atoms with Crippen LogP contribution in [0.3, 0.4) is 0 Å². The average Bonchev–Trinajstić information content (AvgIpc) is 2.52. The van der Waals surface area contributed by atoms with E-state index in [1.54, 1.807) is 0 Å². The van der Waals surface area contributed by atoms with E-state index in [0.29, 0.717) is 18.1 Å². The van der Waals surface area contributed by atoms with Gasteiger partial charge in [0.05, 0.1) is 17.1 Å². The highest BCUT2D eigenvalue weighted by molar-refractivity contribution is 5.94. The Balaban J connectivity index is 1.65. The van der Waals surface area contributed by atoms with Crippen LogP contribution in [0.1, 0.15) is 23.2 Å². The van der Waals surface area contributed by atoms with Gasteiger partial charge in [0.15, 0.2) is 0 Å². The minimum atomic E-state index is -0.496. The third-order valence-electron chi connectivity index (χ3n) is 4.32. The standard InChI is InChI=1S/C14H17N3O4/c15-11-10-2-1-7-21-13(10)12(11)16-14(18)8-3-5-9(6-4-8)17(19)20/h3-6,10-13H,1-2,7,15H2,(H,16,18). The lowest BCUT2D eigenvalue weighted by molar-refractivity contribution is -0.384. The van der Waals surface area contributed by atoms with Crippen LogP contribution in [0.15, 0.2) is 24.3 Å². The van der Waals surface area contributed by atoms with Gasteiger partial charge in [-0.15, -0.1) is 0 Å². The first kappa shape index (κ1) is 14.0. The fourth-order valence-corrected chi connectivity index (χ4v) is 3.10. The quantitative estimate of drug-likeness (QED) is 0.633. The van der Waals surface area contributed by atoms with E-state index in [0.717, 1.165) is 12.8 Å². The Morgan fingerprint density at radius 3 is 2.76 bits per heavy atom. The number of hydrogen-bond acceptors (Lipinski definition) is 5. The minimum absolute atomic E-state index is 0.00394. The molecule has 1 heterocycles. The van der Waals surface area contributed by atoms with Crippen molar-refractivity contribution >= 4 is 11.6 Å². The molecule has 1 aromatic rings. The van der Waals surface area contributed by atoms with Crippen LogP contribution in [0.25, 0.3) is 0 Å². The molecular formula is C14H17N3O4. The van der Waals surface area contributed by atoms with Gasteiger partial charge in [-0.05, 0) is 25.0 Å². The number of nitro groups is 1. The fourth-order valence-electron chi connectivity index (χ4n) is 3.10. The Morgan fingerprint density at radius 1 is 1.38 bits per heavy atom. The summed E-state index contributed by atoms with van der Waals surface area (Å²) >= 11 is 0. The van der Waals surface area contributed by atoms with Crippen LogP contribution in [-0.4, -0.2) is 35.6 Å². The van der Waals surface area contributed by atoms with E-state index in [1.165, 1.54) is 24.3 Å². The van der Waals surface area contributed by atoms with E-state index in [-0.39, 0.29) is 29.8 Å². The lowest BCUT2D eigenvalue weighted by Crippen LogP contribution is -2.72. The van der Waals surface area contributed by atoms with Crippen molar-refractivity contribution in [2.45, 2.75) is 31.0 Å². The molecule has 3 N–H and O–H groups in total. The van der Waals surface area contributed by atoms with Crippen LogP contribution in [0.2, 0.25) is 0 Å². The molecule has 1 saturated carbocycles. The monoisotopic (exact) mass is 291 g/mol. The average molecular weight is 291 g/mol. The second-order valence-electron chi connectivity index (χ2n) is 5.52. The first-order valence-electron chi connectivity index (χ1n) is 7.00. The molecule has 1 aliphatic carbocycles. The van der Waals surface area contributed by atoms with E-state index in [4.69, 9.17) is 10.5 Å². The maximum atomic E-state index is 12.2. The second-order valence-corrected chi connectivity index (χ2v) is 5.52. The number of nitrogens with one attached hydrogen (secondary N) is 1. The van der Waals surface area contributed by atoms with Gasteiger partial charge in [-0.25, -0.2) is 0 Å². The Morgan fingerprint density at radius 2 is 2.10 bits per heavy atom. The highest BCUT2D eigenvalue weighted by atomic mass is 16.6. The summed E-state index contributed by atoms with van der Waals surface area (Å²) in [7, 11) is 0. The number of carbonyl (C=O) groups is 1. The van der Waals surface area contributed by atoms with Crippen LogP contribution in [0, 0.1) is 16.0 Å². The molecule has 1 aromatic carbocycles. The van der Waals surface area contributed by atoms with E-state index < -0.39 is 4.92 Å². The van der Waals surface area contributed by atoms with Crippen molar-refractivity contribution in [1.82, 2.24) is 5.32 Å². The molecule has 4 atom stereocenters. The van der Waals surface area contributed by atoms with E-state index >= 15 is 0 Å². The molecule has 0 aromatic heterocycles. The number of non-ortho nitro benzene ring substituents is 1. The summed E-state index contributed by atoms with van der Waals surface area (Å²) in [5.74, 6) is 0.0406. The normalized spacial score (nSPS) is 30.9. The number of ether oxygens (including phenoxy) is 1. The van der Waals surface area contributed by atoms with E-state index in [9.17, 15) is 14.9 Å². The highest BCUT2D eigenvalue weighted by Crippen LogP contribution is 2.37. The summed E-state index contributed by atoms with van der Waals surface area (Å²) in [4.78, 5) is 22.2. The number of nitrogens with zero attached hydrogens (tertiary/aromatic N) is 1. The molecule has 0 radical (unpaired) electrons. The molecule has 4 unspecified atom stereocenters. The molecule has 112 valence electrons. The molecule has 1 amide bonds. The largest absolute Gasteiger partial charge is 0.376 e. The van der Waals surface area contributed by atoms with E-state index in [2.05, 4.69) is 5.32 Å². The predicted molar refractivity (Wildman–Crippen MR) is 74.8 cm³/mol. The second kappa shape index (κ2) is 5.42. The zero-order valence-corrected chi connectivity index (χ0v) is 11.4. The smallest absolute Gasteiger partial charge is 0.269 e. The number of fused-ring (bicyclic) bond motifs is 1. The van der Waals surface area contributed by atoms with Crippen molar-refractivity contribution < 1.29 is 14.5 Å². The number of nitrogens with two attached hydrogens (primary N) is 1. The molecule has 0 bridgehead atoms. The van der Waals surface area contributed by atoms with Gasteiger partial charge in [0.1, 0.15) is 0 Å². The third-order valence-corrected chi connectivity index (χ3v) is 4.32. The van der Waals surface area contributed by atoms with Crippen LogP contribution in [-0.2, 0) is 4.74 Å². The van der Waals surface area contributed by atoms with Crippen molar-refractivity contribution in [1.29, 1.82) is 0 Å². The Kier molecular flexibility index (Phi) is 3.60. The number of amides is 1. The summed E-state index contributed by atoms with van der Waals surface area (Å²) in [6.45, 7) is 0.706. The molecule has 7 heteroatoms. The molecule has 3 rings (SSSR count). The lowest BCUT2D eigenvalue weighted by Gasteiger charge is -2.52. The van der Waals surface area contributed by atoms with Crippen LogP contribution in [0.5, 0.6) is 0 Å². The molecule has 2 aliphatic rings. The number of hydrogen-bond donors (Lipinski definition) is 2. The van der Waals surface area contributed by atoms with E-state index in [1.807, 2.05) is 0 Å². The molecule has 1 aliphatic heterocycles. The van der Waals surface area contributed by atoms with Crippen LogP contribution in [0.4, 0.5) is 5.69 Å². The van der Waals surface area contributed by atoms with Crippen molar-refractivity contribution in [3.05, 3.63) is 39.9 Å². The number of benzene rings is 1. The van der Waals surface area contributed by atoms with Gasteiger partial charge in [0.25, 0.3) is 11.6 Å². The van der Waals surface area contributed by atoms with Crippen LogP contribution < -0.4 is 11.1 Å². The Bertz CT molecular complexity index is 560. The van der Waals surface area contributed by atoms with Crippen molar-refractivity contribution in [2.24, 2.45) is 11.7 Å². The third kappa shape index (κ3) is 2.50. The first-order chi connectivity index (χ1) is 10.1. The van der Waals surface area contributed by atoms with Gasteiger partial charge >= 0.3 is 0 Å². The topological polar surface area (TPSA) is 107 Å². The minimum Gasteiger partial charge on any atom is -0.376 e. The molecule has 1 saturated heterocycles. The zero-order chi connectivity index (χ0) is 15.0. The Labute approximate surface area is 121 Å². The molecule has 7 nitrogen and oxygen atoms in total. The highest BCUT2D eigenvalue weighted by Gasteiger charge is 2.51. The van der Waals surface area contributed by atoms with Crippen molar-refractivity contribution in [2.75, 3.05) is 6.61 Å². The summed E-state index contributed by atoms with van der Waals surface area (Å²) in [5.41, 5.74) is 6.43. The van der Waals surface area contributed by atoms with Crippen molar-refractivity contribution in [3.8, 4) is 0 Å². The summed E-state index contributed by atoms with van der Waals surface area (Å²) in [5, 5.41) is 13.5. The summed E-state index contributed by atoms with van der Waals surface area (Å²) in [6.07, 6.45) is 2.05. The number of nitro benzene ring substituents is 1. The van der Waals surface area contributed by atoms with Gasteiger partial charge < -0.3 is 15.8 Å². The van der Waals surface area contributed by atoms with Gasteiger partial charge in [0, 0.05) is 36.3 Å². The van der Waals surface area contributed by atoms with Crippen LogP contribution >= 0.6 is 0 Å². The molecule has 21 heavy (non-hydrogen) atoms. The van der Waals surface area contributed by atoms with Gasteiger partial charge in [0.2, 0.25) is 0 Å². The number of rotatable bonds is 3. The van der Waals surface area contributed by atoms with Crippen molar-refractivity contribution in [3.63, 3.8) is 0 Å². The first-order valence-corrected chi connectivity index (χ1v) is 7.00.